The molecule has 19 heteroatoms. The van der Waals surface area contributed by atoms with Crippen LogP contribution in [-0.4, -0.2) is 105 Å². The molecule has 0 saturated carbocycles. The van der Waals surface area contributed by atoms with Gasteiger partial charge in [0.25, 0.3) is 10.0 Å². The van der Waals surface area contributed by atoms with E-state index in [9.17, 15) is 13.0 Å². The van der Waals surface area contributed by atoms with E-state index in [0.29, 0.717) is 17.9 Å². The van der Waals surface area contributed by atoms with Crippen LogP contribution in [0, 0.1) is 35.0 Å². The number of hydrogen-bond donors (Lipinski definition) is 4. The van der Waals surface area contributed by atoms with E-state index in [1.807, 2.05) is 30.3 Å². The van der Waals surface area contributed by atoms with Crippen molar-refractivity contribution in [3.63, 3.8) is 0 Å². The number of piperazine rings is 3. The number of quaternary nitrogens is 2. The lowest BCUT2D eigenvalue weighted by Crippen LogP contribution is -2.75. The van der Waals surface area contributed by atoms with Crippen LogP contribution in [0.4, 0.5) is 0 Å². The quantitative estimate of drug-likeness (QED) is 0.0395. The van der Waals surface area contributed by atoms with Crippen molar-refractivity contribution in [3.8, 4) is 29.4 Å². The zero-order valence-corrected chi connectivity index (χ0v) is 32.4. The Morgan fingerprint density at radius 1 is 0.926 bits per heavy atom. The number of ether oxygens (including phenoxy) is 1. The number of rotatable bonds is 17. The molecule has 0 spiro atoms. The summed E-state index contributed by atoms with van der Waals surface area (Å²) in [5.41, 5.74) is 6.15. The van der Waals surface area contributed by atoms with Gasteiger partial charge in [0.2, 0.25) is 0 Å². The molecule has 2 bridgehead atoms. The smallest absolute Gasteiger partial charge is 0.445 e. The average Bonchev–Trinajstić information content (AvgIpc) is 3.52. The molecular formula is C35H43N10O6PS2+2. The fourth-order valence-corrected chi connectivity index (χ4v) is 11.8. The fraction of sp³-hybridized carbons (Fsp3) is 0.400. The van der Waals surface area contributed by atoms with Crippen LogP contribution in [0.2, 0.25) is 0 Å². The number of aromatic nitrogens is 2. The Balaban J connectivity index is 1.06. The lowest BCUT2D eigenvalue weighted by atomic mass is 10.1. The van der Waals surface area contributed by atoms with Gasteiger partial charge in [-0.2, -0.15) is 15.2 Å². The summed E-state index contributed by atoms with van der Waals surface area (Å²) in [7, 11) is -8.50. The van der Waals surface area contributed by atoms with E-state index in [-0.39, 0.29) is 33.1 Å². The van der Waals surface area contributed by atoms with Crippen LogP contribution in [-0.2, 0) is 14.6 Å². The number of hydrogen-bond acceptors (Lipinski definition) is 12. The van der Waals surface area contributed by atoms with Crippen molar-refractivity contribution < 1.29 is 35.7 Å². The van der Waals surface area contributed by atoms with E-state index < -0.39 is 23.9 Å². The maximum Gasteiger partial charge on any atom is 0.445 e. The van der Waals surface area contributed by atoms with Crippen molar-refractivity contribution >= 4 is 45.0 Å². The molecule has 3 fully saturated rings. The summed E-state index contributed by atoms with van der Waals surface area (Å²) in [6, 6.07) is 14.8. The Morgan fingerprint density at radius 2 is 1.48 bits per heavy atom. The minimum Gasteiger partial charge on any atom is -0.493 e. The van der Waals surface area contributed by atoms with E-state index in [0.717, 1.165) is 62.9 Å². The molecule has 3 aromatic heterocycles. The third kappa shape index (κ3) is 9.27. The Kier molecular flexibility index (Phi) is 11.7. The Bertz CT molecular complexity index is 2150. The number of benzene rings is 1. The first-order valence-corrected chi connectivity index (χ1v) is 21.5. The molecule has 0 amide bonds. The molecule has 0 radical (unpaired) electrons. The number of nitrogens with one attached hydrogen (secondary N) is 3. The second kappa shape index (κ2) is 16.3. The molecule has 54 heavy (non-hydrogen) atoms. The minimum atomic E-state index is -4.29. The number of sulfonamides is 1. The summed E-state index contributed by atoms with van der Waals surface area (Å²) in [6.45, 7) is 12.2. The van der Waals surface area contributed by atoms with Gasteiger partial charge in [-0.1, -0.05) is 0 Å². The van der Waals surface area contributed by atoms with Crippen LogP contribution in [0.1, 0.15) is 29.8 Å². The maximum atomic E-state index is 14.0. The summed E-state index contributed by atoms with van der Waals surface area (Å²) in [5.74, 6) is 0.673. The van der Waals surface area contributed by atoms with Gasteiger partial charge in [0.15, 0.2) is 5.96 Å². The van der Waals surface area contributed by atoms with Crippen LogP contribution < -0.4 is 29.6 Å². The summed E-state index contributed by atoms with van der Waals surface area (Å²) < 4.78 is 64.3. The van der Waals surface area contributed by atoms with E-state index in [2.05, 4.69) is 20.0 Å². The highest BCUT2D eigenvalue weighted by Crippen LogP contribution is 2.48. The first kappa shape index (κ1) is 38.9. The predicted octanol–water partition coefficient (Wildman–Crippen LogP) is 3.63. The lowest BCUT2D eigenvalue weighted by Gasteiger charge is -2.55. The summed E-state index contributed by atoms with van der Waals surface area (Å²) in [4.78, 5) is 7.82. The molecule has 4 aromatic rings. The second-order valence-electron chi connectivity index (χ2n) is 13.6. The number of fused-ring (bicyclic) bond motifs is 4. The molecule has 6 heterocycles. The minimum absolute atomic E-state index is 0.00680. The molecule has 0 atom stereocenters. The van der Waals surface area contributed by atoms with Gasteiger partial charge in [-0.25, -0.2) is 23.0 Å². The topological polar surface area (TPSA) is 226 Å². The highest BCUT2D eigenvalue weighted by atomic mass is 32.2. The Labute approximate surface area is 318 Å². The van der Waals surface area contributed by atoms with Gasteiger partial charge in [-0.3, -0.25) is 5.41 Å². The van der Waals surface area contributed by atoms with Gasteiger partial charge in [0, 0.05) is 29.5 Å². The third-order valence-corrected chi connectivity index (χ3v) is 15.1. The molecule has 0 unspecified atom stereocenters. The average molecular weight is 795 g/mol. The van der Waals surface area contributed by atoms with Crippen LogP contribution in [0.25, 0.3) is 10.1 Å². The van der Waals surface area contributed by atoms with Crippen molar-refractivity contribution in [3.05, 3.63) is 71.8 Å². The van der Waals surface area contributed by atoms with Gasteiger partial charge in [-0.05, 0) is 55.0 Å². The number of pyridine rings is 2. The highest BCUT2D eigenvalue weighted by molar-refractivity contribution is 7.92. The molecule has 284 valence electrons. The highest BCUT2D eigenvalue weighted by Gasteiger charge is 2.48. The molecule has 5 N–H and O–H groups in total. The maximum absolute atomic E-state index is 14.0. The van der Waals surface area contributed by atoms with E-state index in [1.54, 1.807) is 6.92 Å². The standard InChI is InChI=1S/C35H43N10O6PS2/c1-26-32-20-29(49-19-3-12-45-16-13-44(14-17-45,15-18-45)11-2-10-40-35(38)39)8-9-33(32)53-34(26)54(47,48)43-25-52(46,50-30-6-4-27(21-36)41-23-30)51-31-7-5-28(22-37)42-24-31/h4-9,20,23-24,43H,2-3,10-19,25H2,1H3,(H4,38,39,40)/q+2. The summed E-state index contributed by atoms with van der Waals surface area (Å²) in [6.07, 6.45) is 3.55. The monoisotopic (exact) mass is 794 g/mol. The van der Waals surface area contributed by atoms with Crippen molar-refractivity contribution in [2.75, 3.05) is 71.8 Å². The molecule has 3 aliphatic heterocycles. The number of nitriles is 2. The largest absolute Gasteiger partial charge is 0.493 e. The molecular weight excluding hydrogens is 752 g/mol. The zero-order valence-electron chi connectivity index (χ0n) is 29.9. The molecule has 3 saturated heterocycles. The zero-order chi connectivity index (χ0) is 38.4. The first-order valence-electron chi connectivity index (χ1n) is 17.5. The van der Waals surface area contributed by atoms with E-state index in [4.69, 9.17) is 35.5 Å². The Hall–Kier alpha value is -4.81. The van der Waals surface area contributed by atoms with Crippen molar-refractivity contribution in [2.24, 2.45) is 5.73 Å². The van der Waals surface area contributed by atoms with E-state index in [1.165, 1.54) is 75.9 Å². The van der Waals surface area contributed by atoms with Gasteiger partial charge in [0.05, 0.1) is 32.1 Å². The predicted molar refractivity (Wildman–Crippen MR) is 203 cm³/mol. The van der Waals surface area contributed by atoms with Crippen LogP contribution in [0.5, 0.6) is 17.2 Å². The lowest BCUT2D eigenvalue weighted by molar-refractivity contribution is -1.08. The normalized spacial score (nSPS) is 19.5. The number of nitrogens with two attached hydrogens (primary N) is 1. The second-order valence-corrected chi connectivity index (χ2v) is 18.5. The number of guanidine groups is 1. The van der Waals surface area contributed by atoms with Crippen molar-refractivity contribution in [1.29, 1.82) is 15.9 Å². The van der Waals surface area contributed by atoms with Gasteiger partial charge in [-0.15, -0.1) is 11.3 Å². The van der Waals surface area contributed by atoms with Gasteiger partial charge >= 0.3 is 7.60 Å². The molecule has 16 nitrogen and oxygen atoms in total. The van der Waals surface area contributed by atoms with E-state index >= 15 is 0 Å². The molecule has 1 aromatic carbocycles. The van der Waals surface area contributed by atoms with Crippen molar-refractivity contribution in [2.45, 2.75) is 24.0 Å². The SMILES string of the molecule is Cc1c(S(=O)(=O)NCP(=O)(Oc2ccc(C#N)nc2)Oc2ccc(C#N)nc2)sc2ccc(OCCC[N+]34CC[N+](CCCNC(=N)N)(CC3)CC4)cc12. The first-order chi connectivity index (χ1) is 25.8. The molecule has 3 aliphatic rings. The van der Waals surface area contributed by atoms with Crippen LogP contribution in [0.3, 0.4) is 0 Å². The van der Waals surface area contributed by atoms with Crippen molar-refractivity contribution in [1.82, 2.24) is 20.0 Å². The van der Waals surface area contributed by atoms with Crippen LogP contribution in [0.15, 0.2) is 59.1 Å². The summed E-state index contributed by atoms with van der Waals surface area (Å²) >= 11 is 1.09. The molecule has 7 rings (SSSR count). The number of aryl methyl sites for hydroxylation is 1. The summed E-state index contributed by atoms with van der Waals surface area (Å²) in [5, 5.41) is 29.1. The van der Waals surface area contributed by atoms with Gasteiger partial charge in [0.1, 0.15) is 90.5 Å². The fourth-order valence-electron chi connectivity index (χ4n) is 7.00. The number of nitrogens with zero attached hydrogens (tertiary/aromatic N) is 6. The Morgan fingerprint density at radius 3 is 2.00 bits per heavy atom. The number of thiophene rings is 1. The van der Waals surface area contributed by atoms with Gasteiger partial charge < -0.3 is 33.8 Å². The van der Waals surface area contributed by atoms with Crippen LogP contribution >= 0.6 is 18.9 Å². The molecule has 0 aliphatic carbocycles. The third-order valence-electron chi connectivity index (χ3n) is 10.1.